The van der Waals surface area contributed by atoms with Gasteiger partial charge in [-0.3, -0.25) is 4.79 Å². The van der Waals surface area contributed by atoms with E-state index in [1.165, 1.54) is 89.9 Å². The summed E-state index contributed by atoms with van der Waals surface area (Å²) in [5.74, 6) is -0.328. The summed E-state index contributed by atoms with van der Waals surface area (Å²) in [5.41, 5.74) is 0. The summed E-state index contributed by atoms with van der Waals surface area (Å²) >= 11 is 0. The lowest BCUT2D eigenvalue weighted by atomic mass is 9.99. The summed E-state index contributed by atoms with van der Waals surface area (Å²) in [6, 6.07) is 0. The molecule has 0 aliphatic carbocycles. The van der Waals surface area contributed by atoms with Crippen LogP contribution in [-0.4, -0.2) is 89.6 Å². The van der Waals surface area contributed by atoms with Gasteiger partial charge in [0, 0.05) is 13.0 Å². The van der Waals surface area contributed by atoms with Crippen molar-refractivity contribution < 1.29 is 44.2 Å². The van der Waals surface area contributed by atoms with E-state index in [0.29, 0.717) is 13.0 Å². The summed E-state index contributed by atoms with van der Waals surface area (Å²) in [5, 5.41) is 40.3. The predicted octanol–water partition coefficient (Wildman–Crippen LogP) is 13.4. The van der Waals surface area contributed by atoms with Crippen LogP contribution >= 0.6 is 0 Å². The Balaban J connectivity index is 2.22. The first-order valence-corrected chi connectivity index (χ1v) is 26.7. The molecule has 0 bridgehead atoms. The summed E-state index contributed by atoms with van der Waals surface area (Å²) in [6.45, 7) is 4.40. The van der Waals surface area contributed by atoms with Crippen molar-refractivity contribution in [1.29, 1.82) is 0 Å². The molecule has 66 heavy (non-hydrogen) atoms. The maximum Gasteiger partial charge on any atom is 0.306 e. The summed E-state index contributed by atoms with van der Waals surface area (Å²) in [7, 11) is 0. The van der Waals surface area contributed by atoms with E-state index < -0.39 is 43.4 Å². The lowest BCUT2D eigenvalue weighted by molar-refractivity contribution is -0.305. The van der Waals surface area contributed by atoms with Gasteiger partial charge in [0.1, 0.15) is 30.5 Å². The molecule has 0 aromatic heterocycles. The third-order valence-corrected chi connectivity index (χ3v) is 11.8. The summed E-state index contributed by atoms with van der Waals surface area (Å²) < 4.78 is 22.9. The molecule has 0 amide bonds. The second kappa shape index (κ2) is 47.4. The Morgan fingerprint density at radius 1 is 0.500 bits per heavy atom. The van der Waals surface area contributed by atoms with Gasteiger partial charge in [-0.15, -0.1) is 0 Å². The van der Waals surface area contributed by atoms with Gasteiger partial charge in [0.05, 0.1) is 19.8 Å². The van der Waals surface area contributed by atoms with E-state index in [0.717, 1.165) is 96.3 Å². The highest BCUT2D eigenvalue weighted by Crippen LogP contribution is 2.23. The number of carbonyl (C=O) groups excluding carboxylic acids is 1. The standard InChI is InChI=1S/C57H98O9/c1-3-5-7-9-11-13-15-17-19-21-23-25-27-29-31-33-35-37-39-41-43-45-47-63-49-51(50-64-57-56(62)55(61)54(60)52(48-58)66-57)65-53(59)46-44-42-40-38-36-34-32-30-28-26-24-22-20-18-16-14-12-10-8-6-4-2/h6,8,12,14-15,17-18,20-21,23-24,26-27,29,51-52,54-58,60-62H,3-5,7,9-11,13,16,19,22,25,28,30-50H2,1-2H3/b8-6-,14-12-,17-15-,20-18-,23-21-,26-24-,29-27-. The topological polar surface area (TPSA) is 135 Å². The number of unbranched alkanes of at least 4 members (excludes halogenated alkanes) is 20. The van der Waals surface area contributed by atoms with Crippen molar-refractivity contribution in [2.45, 2.75) is 243 Å². The average molecular weight is 927 g/mol. The Hall–Kier alpha value is -2.63. The largest absolute Gasteiger partial charge is 0.457 e. The maximum absolute atomic E-state index is 12.9. The Morgan fingerprint density at radius 3 is 1.39 bits per heavy atom. The molecule has 0 aromatic carbocycles. The van der Waals surface area contributed by atoms with Crippen molar-refractivity contribution in [2.24, 2.45) is 0 Å². The molecule has 1 saturated heterocycles. The fraction of sp³-hybridized carbons (Fsp3) is 0.737. The number of carbonyl (C=O) groups is 1. The van der Waals surface area contributed by atoms with Crippen molar-refractivity contribution >= 4 is 5.97 Å². The second-order valence-electron chi connectivity index (χ2n) is 17.9. The minimum absolute atomic E-state index is 0.125. The van der Waals surface area contributed by atoms with Crippen LogP contribution in [0.4, 0.5) is 0 Å². The Kier molecular flexibility index (Phi) is 44.1. The molecule has 1 heterocycles. The van der Waals surface area contributed by atoms with Crippen LogP contribution in [0, 0.1) is 0 Å². The molecule has 1 fully saturated rings. The first kappa shape index (κ1) is 61.4. The molecule has 0 spiro atoms. The highest BCUT2D eigenvalue weighted by atomic mass is 16.7. The molecule has 1 aliphatic rings. The van der Waals surface area contributed by atoms with E-state index in [4.69, 9.17) is 18.9 Å². The van der Waals surface area contributed by atoms with Crippen LogP contribution in [0.15, 0.2) is 85.1 Å². The van der Waals surface area contributed by atoms with Crippen LogP contribution in [0.3, 0.4) is 0 Å². The van der Waals surface area contributed by atoms with Gasteiger partial charge in [0.2, 0.25) is 0 Å². The van der Waals surface area contributed by atoms with Crippen LogP contribution in [-0.2, 0) is 23.7 Å². The number of rotatable bonds is 45. The van der Waals surface area contributed by atoms with Gasteiger partial charge >= 0.3 is 5.97 Å². The normalized spacial score (nSPS) is 20.0. The number of aliphatic hydroxyl groups is 4. The van der Waals surface area contributed by atoms with Crippen molar-refractivity contribution in [3.05, 3.63) is 85.1 Å². The van der Waals surface area contributed by atoms with Crippen molar-refractivity contribution in [2.75, 3.05) is 26.4 Å². The quantitative estimate of drug-likeness (QED) is 0.0267. The molecular formula is C57H98O9. The van der Waals surface area contributed by atoms with Crippen molar-refractivity contribution in [3.63, 3.8) is 0 Å². The second-order valence-corrected chi connectivity index (χ2v) is 17.9. The Morgan fingerprint density at radius 2 is 0.924 bits per heavy atom. The van der Waals surface area contributed by atoms with Gasteiger partial charge in [0.25, 0.3) is 0 Å². The maximum atomic E-state index is 12.9. The Labute approximate surface area is 403 Å². The van der Waals surface area contributed by atoms with Gasteiger partial charge in [-0.2, -0.15) is 0 Å². The summed E-state index contributed by atoms with van der Waals surface area (Å²) in [6.07, 6.45) is 57.5. The minimum Gasteiger partial charge on any atom is -0.457 e. The first-order valence-electron chi connectivity index (χ1n) is 26.7. The SMILES string of the molecule is CC/C=C\C/C=C\C/C=C\C/C=C\CCCCCCCCCCC(=O)OC(COCCCCCCCCC/C=C\C/C=C\C/C=C\CCCCCCC)COC1OC(CO)C(O)C(O)C1O. The number of allylic oxidation sites excluding steroid dienone is 14. The van der Waals surface area contributed by atoms with Crippen molar-refractivity contribution in [1.82, 2.24) is 0 Å². The molecule has 9 heteroatoms. The van der Waals surface area contributed by atoms with Gasteiger partial charge in [-0.1, -0.05) is 195 Å². The molecule has 0 radical (unpaired) electrons. The molecule has 9 nitrogen and oxygen atoms in total. The molecule has 6 unspecified atom stereocenters. The predicted molar refractivity (Wildman–Crippen MR) is 274 cm³/mol. The van der Waals surface area contributed by atoms with Crippen LogP contribution in [0.25, 0.3) is 0 Å². The zero-order valence-corrected chi connectivity index (χ0v) is 41.9. The van der Waals surface area contributed by atoms with Gasteiger partial charge in [0.15, 0.2) is 6.29 Å². The molecule has 380 valence electrons. The van der Waals surface area contributed by atoms with E-state index in [9.17, 15) is 25.2 Å². The van der Waals surface area contributed by atoms with Gasteiger partial charge in [-0.25, -0.2) is 0 Å². The minimum atomic E-state index is -1.55. The third kappa shape index (κ3) is 37.4. The number of hydrogen-bond acceptors (Lipinski definition) is 9. The van der Waals surface area contributed by atoms with Crippen LogP contribution in [0.5, 0.6) is 0 Å². The smallest absolute Gasteiger partial charge is 0.306 e. The zero-order valence-electron chi connectivity index (χ0n) is 41.9. The number of aliphatic hydroxyl groups excluding tert-OH is 4. The zero-order chi connectivity index (χ0) is 47.8. The van der Waals surface area contributed by atoms with Gasteiger partial charge < -0.3 is 39.4 Å². The highest BCUT2D eigenvalue weighted by molar-refractivity contribution is 5.69. The fourth-order valence-electron chi connectivity index (χ4n) is 7.67. The molecule has 4 N–H and O–H groups in total. The molecule has 1 aliphatic heterocycles. The average Bonchev–Trinajstić information content (AvgIpc) is 3.32. The van der Waals surface area contributed by atoms with Gasteiger partial charge in [-0.05, 0) is 89.9 Å². The fourth-order valence-corrected chi connectivity index (χ4v) is 7.67. The van der Waals surface area contributed by atoms with E-state index in [1.807, 2.05) is 0 Å². The first-order chi connectivity index (χ1) is 32.4. The lowest BCUT2D eigenvalue weighted by Crippen LogP contribution is -2.59. The van der Waals surface area contributed by atoms with E-state index in [-0.39, 0.29) is 19.2 Å². The summed E-state index contributed by atoms with van der Waals surface area (Å²) in [4.78, 5) is 12.9. The molecule has 0 saturated carbocycles. The number of hydrogen-bond donors (Lipinski definition) is 4. The lowest BCUT2D eigenvalue weighted by Gasteiger charge is -2.39. The van der Waals surface area contributed by atoms with E-state index >= 15 is 0 Å². The van der Waals surface area contributed by atoms with E-state index in [1.54, 1.807) is 0 Å². The molecular weight excluding hydrogens is 829 g/mol. The third-order valence-electron chi connectivity index (χ3n) is 11.8. The molecule has 0 aromatic rings. The molecule has 6 atom stereocenters. The van der Waals surface area contributed by atoms with Crippen molar-refractivity contribution in [3.8, 4) is 0 Å². The molecule has 1 rings (SSSR count). The van der Waals surface area contributed by atoms with Crippen LogP contribution in [0.2, 0.25) is 0 Å². The van der Waals surface area contributed by atoms with Crippen LogP contribution < -0.4 is 0 Å². The monoisotopic (exact) mass is 927 g/mol. The number of esters is 1. The van der Waals surface area contributed by atoms with Crippen LogP contribution in [0.1, 0.15) is 206 Å². The number of ether oxygens (including phenoxy) is 4. The Bertz CT molecular complexity index is 1280. The van der Waals surface area contributed by atoms with E-state index in [2.05, 4.69) is 98.9 Å². The highest BCUT2D eigenvalue weighted by Gasteiger charge is 2.44.